The number of pyridine rings is 1. The third-order valence-corrected chi connectivity index (χ3v) is 4.58. The lowest BCUT2D eigenvalue weighted by Crippen LogP contribution is -2.08. The summed E-state index contributed by atoms with van der Waals surface area (Å²) in [6.07, 6.45) is 6.14. The van der Waals surface area contributed by atoms with Gasteiger partial charge in [-0.05, 0) is 67.5 Å². The molecule has 0 amide bonds. The molecular weight excluding hydrogens is 378 g/mol. The molecule has 2 N–H and O–H groups in total. The molecule has 0 atom stereocenters. The van der Waals surface area contributed by atoms with Crippen LogP contribution in [0.3, 0.4) is 0 Å². The number of hydrogen-bond donors (Lipinski definition) is 2. The van der Waals surface area contributed by atoms with Crippen LogP contribution < -0.4 is 0 Å². The Balaban J connectivity index is 1.83. The number of nitrogens with zero attached hydrogens (tertiary/aromatic N) is 1. The first-order chi connectivity index (χ1) is 14.3. The van der Waals surface area contributed by atoms with Gasteiger partial charge in [-0.3, -0.25) is 14.6 Å². The van der Waals surface area contributed by atoms with Crippen molar-refractivity contribution in [3.8, 4) is 11.5 Å². The van der Waals surface area contributed by atoms with E-state index in [1.807, 2.05) is 0 Å². The van der Waals surface area contributed by atoms with E-state index in [1.165, 1.54) is 12.2 Å². The summed E-state index contributed by atoms with van der Waals surface area (Å²) in [5, 5.41) is 18.7. The number of aromatic nitrogens is 1. The molecule has 150 valence electrons. The Morgan fingerprint density at radius 2 is 1.07 bits per heavy atom. The van der Waals surface area contributed by atoms with Gasteiger partial charge in [0, 0.05) is 22.5 Å². The summed E-state index contributed by atoms with van der Waals surface area (Å²) in [6, 6.07) is 14.5. The quantitative estimate of drug-likeness (QED) is 0.455. The third-order valence-electron chi connectivity index (χ3n) is 4.58. The molecule has 5 nitrogen and oxygen atoms in total. The summed E-state index contributed by atoms with van der Waals surface area (Å²) < 4.78 is 0. The third kappa shape index (κ3) is 5.08. The normalized spacial score (nSPS) is 11.3. The van der Waals surface area contributed by atoms with Crippen molar-refractivity contribution in [1.29, 1.82) is 0 Å². The molecule has 0 fully saturated rings. The molecule has 0 aliphatic rings. The van der Waals surface area contributed by atoms with Gasteiger partial charge in [0.2, 0.25) is 0 Å². The summed E-state index contributed by atoms with van der Waals surface area (Å²) in [7, 11) is 0. The fourth-order valence-corrected chi connectivity index (χ4v) is 2.92. The van der Waals surface area contributed by atoms with E-state index in [4.69, 9.17) is 0 Å². The van der Waals surface area contributed by atoms with Crippen molar-refractivity contribution in [2.75, 3.05) is 0 Å². The first kappa shape index (κ1) is 20.7. The second-order valence-electron chi connectivity index (χ2n) is 6.83. The molecule has 0 unspecified atom stereocenters. The minimum atomic E-state index is -0.260. The molecule has 5 heteroatoms. The Kier molecular flexibility index (Phi) is 6.23. The zero-order chi connectivity index (χ0) is 21.7. The Bertz CT molecular complexity index is 1050. The van der Waals surface area contributed by atoms with Gasteiger partial charge in [-0.15, -0.1) is 0 Å². The maximum Gasteiger partial charge on any atom is 0.187 e. The average Bonchev–Trinajstić information content (AvgIpc) is 2.72. The minimum Gasteiger partial charge on any atom is -0.508 e. The fraction of sp³-hybridized carbons (Fsp3) is 0.0800. The fourth-order valence-electron chi connectivity index (χ4n) is 2.92. The molecule has 0 spiro atoms. The smallest absolute Gasteiger partial charge is 0.187 e. The Hall–Kier alpha value is -3.99. The van der Waals surface area contributed by atoms with Crippen molar-refractivity contribution >= 4 is 23.7 Å². The van der Waals surface area contributed by atoms with Crippen molar-refractivity contribution in [2.45, 2.75) is 13.8 Å². The summed E-state index contributed by atoms with van der Waals surface area (Å²) >= 11 is 0. The van der Waals surface area contributed by atoms with E-state index in [1.54, 1.807) is 80.6 Å². The lowest BCUT2D eigenvalue weighted by Gasteiger charge is -2.07. The van der Waals surface area contributed by atoms with Gasteiger partial charge in [0.25, 0.3) is 0 Å². The van der Waals surface area contributed by atoms with Crippen LogP contribution in [0.15, 0.2) is 66.7 Å². The molecule has 0 bridgehead atoms. The van der Waals surface area contributed by atoms with E-state index in [-0.39, 0.29) is 23.1 Å². The zero-order valence-corrected chi connectivity index (χ0v) is 16.7. The Labute approximate surface area is 174 Å². The maximum absolute atomic E-state index is 12.7. The number of aromatic hydroxyl groups is 2. The van der Waals surface area contributed by atoms with Crippen molar-refractivity contribution in [1.82, 2.24) is 4.98 Å². The standard InChI is InChI=1S/C25H21NO4/c1-16-22(24(29)13-7-18-3-9-20(27)10-4-18)15-23(17(2)26-16)25(30)14-8-19-5-11-21(28)12-6-19/h3-15,27-28H,1-2H3/b13-7+,14-8+. The van der Waals surface area contributed by atoms with Gasteiger partial charge in [-0.25, -0.2) is 0 Å². The molecular formula is C25H21NO4. The molecule has 3 rings (SSSR count). The number of ketones is 2. The van der Waals surface area contributed by atoms with Crippen LogP contribution in [0.2, 0.25) is 0 Å². The van der Waals surface area contributed by atoms with Crippen LogP contribution in [0.5, 0.6) is 11.5 Å². The van der Waals surface area contributed by atoms with Gasteiger partial charge in [0.05, 0.1) is 0 Å². The summed E-state index contributed by atoms with van der Waals surface area (Å²) in [4.78, 5) is 29.7. The summed E-state index contributed by atoms with van der Waals surface area (Å²) in [5.74, 6) is -0.213. The second-order valence-corrected chi connectivity index (χ2v) is 6.83. The largest absolute Gasteiger partial charge is 0.508 e. The second kappa shape index (κ2) is 9.01. The topological polar surface area (TPSA) is 87.5 Å². The number of phenolic OH excluding ortho intramolecular Hbond substituents is 2. The monoisotopic (exact) mass is 399 g/mol. The van der Waals surface area contributed by atoms with Crippen LogP contribution in [0.4, 0.5) is 0 Å². The first-order valence-electron chi connectivity index (χ1n) is 9.34. The van der Waals surface area contributed by atoms with E-state index < -0.39 is 0 Å². The summed E-state index contributed by atoms with van der Waals surface area (Å²) in [6.45, 7) is 3.46. The van der Waals surface area contributed by atoms with Gasteiger partial charge in [0.15, 0.2) is 11.6 Å². The predicted octanol–water partition coefficient (Wildman–Crippen LogP) is 4.90. The number of allylic oxidation sites excluding steroid dienone is 2. The van der Waals surface area contributed by atoms with Crippen LogP contribution in [0.25, 0.3) is 12.2 Å². The lowest BCUT2D eigenvalue weighted by atomic mass is 10.0. The molecule has 3 aromatic rings. The molecule has 1 aromatic heterocycles. The first-order valence-corrected chi connectivity index (χ1v) is 9.34. The van der Waals surface area contributed by atoms with Crippen LogP contribution in [-0.4, -0.2) is 26.8 Å². The molecule has 1 heterocycles. The molecule has 0 saturated heterocycles. The van der Waals surface area contributed by atoms with E-state index in [0.29, 0.717) is 22.5 Å². The van der Waals surface area contributed by atoms with Gasteiger partial charge in [-0.1, -0.05) is 36.4 Å². The Morgan fingerprint density at radius 3 is 1.43 bits per heavy atom. The van der Waals surface area contributed by atoms with Crippen molar-refractivity contribution in [3.05, 3.63) is 100 Å². The van der Waals surface area contributed by atoms with Crippen molar-refractivity contribution < 1.29 is 19.8 Å². The number of aryl methyl sites for hydroxylation is 2. The van der Waals surface area contributed by atoms with Crippen LogP contribution in [0, 0.1) is 13.8 Å². The van der Waals surface area contributed by atoms with Crippen LogP contribution in [0.1, 0.15) is 43.2 Å². The number of carbonyl (C=O) groups is 2. The predicted molar refractivity (Wildman–Crippen MR) is 117 cm³/mol. The highest BCUT2D eigenvalue weighted by molar-refractivity contribution is 6.12. The number of benzene rings is 2. The number of rotatable bonds is 6. The maximum atomic E-state index is 12.7. The highest BCUT2D eigenvalue weighted by Gasteiger charge is 2.15. The van der Waals surface area contributed by atoms with Gasteiger partial charge >= 0.3 is 0 Å². The molecule has 0 aliphatic heterocycles. The molecule has 0 aliphatic carbocycles. The molecule has 0 radical (unpaired) electrons. The lowest BCUT2D eigenvalue weighted by molar-refractivity contribution is 0.104. The van der Waals surface area contributed by atoms with E-state index in [0.717, 1.165) is 11.1 Å². The van der Waals surface area contributed by atoms with Gasteiger partial charge in [0.1, 0.15) is 11.5 Å². The highest BCUT2D eigenvalue weighted by Crippen LogP contribution is 2.17. The summed E-state index contributed by atoms with van der Waals surface area (Å²) in [5.41, 5.74) is 3.35. The van der Waals surface area contributed by atoms with E-state index in [9.17, 15) is 19.8 Å². The van der Waals surface area contributed by atoms with E-state index >= 15 is 0 Å². The van der Waals surface area contributed by atoms with Gasteiger partial charge < -0.3 is 10.2 Å². The Morgan fingerprint density at radius 1 is 0.700 bits per heavy atom. The van der Waals surface area contributed by atoms with E-state index in [2.05, 4.69) is 4.98 Å². The highest BCUT2D eigenvalue weighted by atomic mass is 16.3. The SMILES string of the molecule is Cc1nc(C)c(C(=O)/C=C/c2ccc(O)cc2)cc1C(=O)/C=C/c1ccc(O)cc1. The molecule has 2 aromatic carbocycles. The van der Waals surface area contributed by atoms with Crippen LogP contribution >= 0.6 is 0 Å². The number of carbonyl (C=O) groups excluding carboxylic acids is 2. The van der Waals surface area contributed by atoms with Crippen LogP contribution in [-0.2, 0) is 0 Å². The molecule has 30 heavy (non-hydrogen) atoms. The number of phenols is 2. The average molecular weight is 399 g/mol. The number of hydrogen-bond acceptors (Lipinski definition) is 5. The molecule has 0 saturated carbocycles. The zero-order valence-electron chi connectivity index (χ0n) is 16.7. The van der Waals surface area contributed by atoms with Crippen molar-refractivity contribution in [2.24, 2.45) is 0 Å². The minimum absolute atomic E-state index is 0.153. The van der Waals surface area contributed by atoms with Gasteiger partial charge in [-0.2, -0.15) is 0 Å². The van der Waals surface area contributed by atoms with Crippen molar-refractivity contribution in [3.63, 3.8) is 0 Å².